The largest absolute Gasteiger partial charge is 0.354 e. The van der Waals surface area contributed by atoms with Crippen molar-refractivity contribution in [3.05, 3.63) is 102 Å². The van der Waals surface area contributed by atoms with Gasteiger partial charge in [0.25, 0.3) is 5.91 Å². The van der Waals surface area contributed by atoms with Crippen LogP contribution in [0.2, 0.25) is 0 Å². The number of imidazole rings is 1. The highest BCUT2D eigenvalue weighted by Gasteiger charge is 2.29. The van der Waals surface area contributed by atoms with Crippen molar-refractivity contribution >= 4 is 23.8 Å². The Hall–Kier alpha value is -5.49. The van der Waals surface area contributed by atoms with E-state index in [0.717, 1.165) is 72.3 Å². The van der Waals surface area contributed by atoms with Gasteiger partial charge in [0.2, 0.25) is 11.8 Å². The monoisotopic (exact) mass is 720 g/mol. The molecule has 5 rings (SSSR count). The van der Waals surface area contributed by atoms with Gasteiger partial charge in [-0.2, -0.15) is 0 Å². The van der Waals surface area contributed by atoms with Crippen LogP contribution in [0.5, 0.6) is 0 Å². The molecule has 12 nitrogen and oxygen atoms in total. The molecule has 1 aromatic heterocycles. The lowest BCUT2D eigenvalue weighted by Gasteiger charge is -2.26. The summed E-state index contributed by atoms with van der Waals surface area (Å²) in [5.74, 6) is 0.553. The number of aromatic nitrogens is 2. The number of aryl methyl sites for hydroxylation is 1. The number of aromatic amines is 1. The van der Waals surface area contributed by atoms with Gasteiger partial charge in [0, 0.05) is 51.3 Å². The van der Waals surface area contributed by atoms with E-state index in [1.54, 1.807) is 23.9 Å². The lowest BCUT2D eigenvalue weighted by Crippen LogP contribution is -2.48. The van der Waals surface area contributed by atoms with Crippen LogP contribution in [0.15, 0.2) is 85.1 Å². The molecule has 0 spiro atoms. The van der Waals surface area contributed by atoms with Crippen molar-refractivity contribution in [3.8, 4) is 22.4 Å². The number of hydrogen-bond acceptors (Lipinski definition) is 6. The number of likely N-dealkylation sites (tertiary alicyclic amines) is 1. The lowest BCUT2D eigenvalue weighted by atomic mass is 10.0. The van der Waals surface area contributed by atoms with E-state index in [0.29, 0.717) is 31.7 Å². The Balaban J connectivity index is 1.04. The van der Waals surface area contributed by atoms with Crippen molar-refractivity contribution in [2.45, 2.75) is 57.5 Å². The number of rotatable bonds is 17. The van der Waals surface area contributed by atoms with Crippen LogP contribution >= 0.6 is 0 Å². The van der Waals surface area contributed by atoms with Crippen LogP contribution in [0.4, 0.5) is 4.79 Å². The molecule has 1 aliphatic heterocycles. The number of likely N-dealkylation sites (N-methyl/N-ethyl adjacent to an activating group) is 1. The fourth-order valence-electron chi connectivity index (χ4n) is 6.63. The van der Waals surface area contributed by atoms with Gasteiger partial charge in [-0.1, -0.05) is 73.7 Å². The van der Waals surface area contributed by atoms with E-state index in [9.17, 15) is 19.2 Å². The lowest BCUT2D eigenvalue weighted by molar-refractivity contribution is -0.130. The van der Waals surface area contributed by atoms with Crippen molar-refractivity contribution in [1.29, 1.82) is 0 Å². The second-order valence-corrected chi connectivity index (χ2v) is 13.5. The van der Waals surface area contributed by atoms with Crippen molar-refractivity contribution in [2.24, 2.45) is 0 Å². The highest BCUT2D eigenvalue weighted by Crippen LogP contribution is 2.25. The number of urea groups is 1. The first-order valence-electron chi connectivity index (χ1n) is 18.6. The molecule has 1 fully saturated rings. The molecule has 2 atom stereocenters. The number of nitrogens with zero attached hydrogens (tertiary/aromatic N) is 3. The zero-order valence-electron chi connectivity index (χ0n) is 31.0. The summed E-state index contributed by atoms with van der Waals surface area (Å²) < 4.78 is 0. The van der Waals surface area contributed by atoms with Crippen molar-refractivity contribution in [3.63, 3.8) is 0 Å². The smallest absolute Gasteiger partial charge is 0.317 e. The fraction of sp³-hybridized carbons (Fsp3) is 0.390. The number of amides is 5. The predicted octanol–water partition coefficient (Wildman–Crippen LogP) is 4.92. The summed E-state index contributed by atoms with van der Waals surface area (Å²) in [5, 5.41) is 11.8. The van der Waals surface area contributed by atoms with Crippen molar-refractivity contribution < 1.29 is 19.2 Å². The molecule has 5 N–H and O–H groups in total. The fourth-order valence-corrected chi connectivity index (χ4v) is 6.63. The predicted molar refractivity (Wildman–Crippen MR) is 207 cm³/mol. The van der Waals surface area contributed by atoms with Gasteiger partial charge in [0.1, 0.15) is 11.9 Å². The van der Waals surface area contributed by atoms with Gasteiger partial charge in [0.05, 0.1) is 18.4 Å². The van der Waals surface area contributed by atoms with Crippen molar-refractivity contribution in [2.75, 3.05) is 46.8 Å². The third-order valence-corrected chi connectivity index (χ3v) is 9.62. The number of nitrogens with one attached hydrogen (secondary N) is 5. The molecule has 0 radical (unpaired) electrons. The molecule has 5 amide bonds. The summed E-state index contributed by atoms with van der Waals surface area (Å²) >= 11 is 0. The van der Waals surface area contributed by atoms with Gasteiger partial charge in [-0.25, -0.2) is 9.78 Å². The zero-order valence-corrected chi connectivity index (χ0v) is 31.0. The average molecular weight is 721 g/mol. The third-order valence-electron chi connectivity index (χ3n) is 9.62. The molecule has 0 aliphatic carbocycles. The number of H-pyrrole nitrogens is 1. The molecule has 1 aliphatic rings. The summed E-state index contributed by atoms with van der Waals surface area (Å²) in [6, 6.07) is 24.7. The highest BCUT2D eigenvalue weighted by molar-refractivity contribution is 5.94. The molecule has 2 unspecified atom stereocenters. The summed E-state index contributed by atoms with van der Waals surface area (Å²) in [4.78, 5) is 61.9. The summed E-state index contributed by atoms with van der Waals surface area (Å²) in [6.07, 6.45) is 6.89. The molecule has 280 valence electrons. The maximum Gasteiger partial charge on any atom is 0.317 e. The maximum absolute atomic E-state index is 13.0. The molecular weight excluding hydrogens is 669 g/mol. The Morgan fingerprint density at radius 3 is 2.30 bits per heavy atom. The van der Waals surface area contributed by atoms with Gasteiger partial charge >= 0.3 is 6.03 Å². The molecular formula is C41H52N8O4. The number of benzene rings is 3. The first kappa shape index (κ1) is 38.7. The minimum atomic E-state index is -0.368. The van der Waals surface area contributed by atoms with E-state index in [-0.39, 0.29) is 42.4 Å². The summed E-state index contributed by atoms with van der Waals surface area (Å²) in [5.41, 5.74) is 5.49. The average Bonchev–Trinajstić information content (AvgIpc) is 3.87. The van der Waals surface area contributed by atoms with Gasteiger partial charge in [-0.15, -0.1) is 0 Å². The number of carbonyl (C=O) groups is 4. The molecule has 2 heterocycles. The normalized spacial score (nSPS) is 14.4. The van der Waals surface area contributed by atoms with E-state index in [2.05, 4.69) is 55.5 Å². The minimum absolute atomic E-state index is 0.0302. The van der Waals surface area contributed by atoms with Crippen LogP contribution in [0.3, 0.4) is 0 Å². The molecule has 3 aromatic carbocycles. The first-order valence-corrected chi connectivity index (χ1v) is 18.6. The number of carbonyl (C=O) groups excluding carboxylic acids is 4. The van der Waals surface area contributed by atoms with Gasteiger partial charge in [0.15, 0.2) is 0 Å². The SMILES string of the molecule is CCCN(C)C(=O)NCC(=O)N1CCCC1CNC(=O)c1ccc(-c2ccc(-c3cnc(CCCCNC(=O)C(NC)c4ccccc4)[nH]3)cc2)cc1. The molecule has 4 aromatic rings. The van der Waals surface area contributed by atoms with Crippen molar-refractivity contribution in [1.82, 2.24) is 41.0 Å². The van der Waals surface area contributed by atoms with Crippen LogP contribution in [-0.2, 0) is 16.0 Å². The summed E-state index contributed by atoms with van der Waals surface area (Å²) in [7, 11) is 3.50. The molecule has 1 saturated heterocycles. The Morgan fingerprint density at radius 1 is 0.906 bits per heavy atom. The van der Waals surface area contributed by atoms with E-state index in [4.69, 9.17) is 0 Å². The minimum Gasteiger partial charge on any atom is -0.354 e. The number of hydrogen-bond donors (Lipinski definition) is 5. The first-order chi connectivity index (χ1) is 25.8. The van der Waals surface area contributed by atoms with Crippen LogP contribution in [0.1, 0.15) is 66.8 Å². The summed E-state index contributed by atoms with van der Waals surface area (Å²) in [6.45, 7) is 4.14. The maximum atomic E-state index is 13.0. The second kappa shape index (κ2) is 19.4. The molecule has 53 heavy (non-hydrogen) atoms. The van der Waals surface area contributed by atoms with Crippen LogP contribution in [0, 0.1) is 0 Å². The standard InChI is InChI=1S/C41H52N8O4/c1-4-24-48(3)41(53)46-28-37(50)49-25-10-13-34(49)26-45-39(51)33-21-17-30(18-22-33)29-15-19-31(20-16-29)35-27-44-36(47-35)14-8-9-23-43-40(52)38(42-2)32-11-6-5-7-12-32/h5-7,11-12,15-22,27,34,38,42H,4,8-10,13-14,23-26,28H2,1-3H3,(H,43,52)(H,44,47)(H,45,51)(H,46,53). The van der Waals surface area contributed by atoms with Gasteiger partial charge in [-0.3, -0.25) is 14.4 Å². The quantitative estimate of drug-likeness (QED) is 0.0978. The Labute approximate surface area is 312 Å². The second-order valence-electron chi connectivity index (χ2n) is 13.5. The van der Waals surface area contributed by atoms with Crippen LogP contribution in [0.25, 0.3) is 22.4 Å². The Bertz CT molecular complexity index is 1790. The molecule has 0 saturated carbocycles. The van der Waals surface area contributed by atoms with Crippen LogP contribution in [-0.4, -0.2) is 96.4 Å². The zero-order chi connectivity index (χ0) is 37.6. The highest BCUT2D eigenvalue weighted by atomic mass is 16.2. The van der Waals surface area contributed by atoms with E-state index in [1.807, 2.05) is 67.7 Å². The van der Waals surface area contributed by atoms with E-state index >= 15 is 0 Å². The number of unbranched alkanes of at least 4 members (excludes halogenated alkanes) is 1. The van der Waals surface area contributed by atoms with Gasteiger partial charge < -0.3 is 36.1 Å². The third kappa shape index (κ3) is 10.8. The molecule has 12 heteroatoms. The Morgan fingerprint density at radius 2 is 1.60 bits per heavy atom. The topological polar surface area (TPSA) is 152 Å². The van der Waals surface area contributed by atoms with E-state index in [1.165, 1.54) is 0 Å². The van der Waals surface area contributed by atoms with Gasteiger partial charge in [-0.05, 0) is 73.5 Å². The van der Waals surface area contributed by atoms with E-state index < -0.39 is 0 Å². The molecule has 0 bridgehead atoms. The Kier molecular flexibility index (Phi) is 14.2. The van der Waals surface area contributed by atoms with Crippen LogP contribution < -0.4 is 21.3 Å².